The van der Waals surface area contributed by atoms with E-state index in [1.807, 2.05) is 36.4 Å². The van der Waals surface area contributed by atoms with Crippen LogP contribution in [0.4, 0.5) is 0 Å². The van der Waals surface area contributed by atoms with Crippen molar-refractivity contribution in [1.82, 2.24) is 0 Å². The summed E-state index contributed by atoms with van der Waals surface area (Å²) in [4.78, 5) is 13.0. The van der Waals surface area contributed by atoms with Crippen LogP contribution in [0.1, 0.15) is 5.56 Å². The molecule has 0 atom stereocenters. The summed E-state index contributed by atoms with van der Waals surface area (Å²) in [6, 6.07) is 13.9. The molecule has 1 aromatic heterocycles. The third kappa shape index (κ3) is 5.75. The fourth-order valence-corrected chi connectivity index (χ4v) is 4.04. The lowest BCUT2D eigenvalue weighted by molar-refractivity contribution is -0.0569. The van der Waals surface area contributed by atoms with Gasteiger partial charge in [0.25, 0.3) is 0 Å². The van der Waals surface area contributed by atoms with Crippen LogP contribution in [-0.4, -0.2) is 35.7 Å². The maximum absolute atomic E-state index is 13.0. The lowest BCUT2D eigenvalue weighted by atomic mass is 9.98. The van der Waals surface area contributed by atoms with Crippen molar-refractivity contribution in [3.8, 4) is 22.6 Å². The number of hydrogen-bond acceptors (Lipinski definition) is 6. The van der Waals surface area contributed by atoms with Gasteiger partial charge in [0.1, 0.15) is 23.9 Å². The molecule has 0 N–H and O–H groups in total. The highest BCUT2D eigenvalue weighted by Crippen LogP contribution is 2.34. The summed E-state index contributed by atoms with van der Waals surface area (Å²) in [5.41, 5.74) is 1.81. The molecule has 0 radical (unpaired) electrons. The molecule has 2 aromatic carbocycles. The van der Waals surface area contributed by atoms with E-state index in [-0.39, 0.29) is 13.4 Å². The Labute approximate surface area is 183 Å². The minimum Gasteiger partial charge on any atom is -0.497 e. The van der Waals surface area contributed by atoms with Crippen LogP contribution < -0.4 is 15.1 Å². The topological polar surface area (TPSA) is 67.1 Å². The molecule has 3 aromatic rings. The third-order valence-corrected chi connectivity index (χ3v) is 6.71. The molecule has 0 spiro atoms. The molecular formula is C24H30O6Si. The molecule has 0 aliphatic carbocycles. The lowest BCUT2D eigenvalue weighted by Crippen LogP contribution is -2.22. The molecule has 3 rings (SSSR count). The van der Waals surface area contributed by atoms with Gasteiger partial charge in [0.2, 0.25) is 0 Å². The SMILES string of the molecule is COc1ccc2c(COCOCC[Si](C)(C)C)c(-c3ccccc3OC)c(=O)oc2c1. The van der Waals surface area contributed by atoms with E-state index in [4.69, 9.17) is 23.4 Å². The molecule has 31 heavy (non-hydrogen) atoms. The fraction of sp³-hybridized carbons (Fsp3) is 0.375. The molecule has 0 amide bonds. The number of rotatable bonds is 10. The molecule has 0 bridgehead atoms. The number of ether oxygens (including phenoxy) is 4. The van der Waals surface area contributed by atoms with E-state index in [2.05, 4.69) is 19.6 Å². The number of fused-ring (bicyclic) bond motifs is 1. The average Bonchev–Trinajstić information content (AvgIpc) is 2.74. The van der Waals surface area contributed by atoms with Crippen LogP contribution in [0, 0.1) is 0 Å². The Hall–Kier alpha value is -2.61. The number of hydrogen-bond donors (Lipinski definition) is 0. The second-order valence-electron chi connectivity index (χ2n) is 8.49. The van der Waals surface area contributed by atoms with E-state index in [9.17, 15) is 4.79 Å². The van der Waals surface area contributed by atoms with Crippen LogP contribution in [0.5, 0.6) is 11.5 Å². The highest BCUT2D eigenvalue weighted by atomic mass is 28.3. The Balaban J connectivity index is 1.96. The number of benzene rings is 2. The molecule has 6 nitrogen and oxygen atoms in total. The zero-order chi connectivity index (χ0) is 22.4. The second kappa shape index (κ2) is 10.1. The monoisotopic (exact) mass is 442 g/mol. The largest absolute Gasteiger partial charge is 0.497 e. The molecule has 7 heteroatoms. The van der Waals surface area contributed by atoms with Crippen molar-refractivity contribution in [2.75, 3.05) is 27.6 Å². The molecule has 0 saturated heterocycles. The minimum absolute atomic E-state index is 0.160. The minimum atomic E-state index is -1.16. The number of para-hydroxylation sites is 1. The second-order valence-corrected chi connectivity index (χ2v) is 14.1. The van der Waals surface area contributed by atoms with Crippen LogP contribution in [0.2, 0.25) is 25.7 Å². The summed E-state index contributed by atoms with van der Waals surface area (Å²) in [6.45, 7) is 7.95. The number of methoxy groups -OCH3 is 2. The van der Waals surface area contributed by atoms with Gasteiger partial charge in [-0.05, 0) is 24.2 Å². The van der Waals surface area contributed by atoms with Crippen molar-refractivity contribution >= 4 is 19.0 Å². The standard InChI is InChI=1S/C24H30O6Si/c1-26-17-10-11-18-20(15-29-16-28-12-13-31(3,4)5)23(24(25)30-22(18)14-17)19-8-6-7-9-21(19)27-2/h6-11,14H,12-13,15-16H2,1-5H3. The molecule has 0 fully saturated rings. The highest BCUT2D eigenvalue weighted by Gasteiger charge is 2.20. The van der Waals surface area contributed by atoms with Crippen LogP contribution >= 0.6 is 0 Å². The third-order valence-electron chi connectivity index (χ3n) is 5.01. The van der Waals surface area contributed by atoms with Gasteiger partial charge in [-0.15, -0.1) is 0 Å². The molecule has 0 aliphatic heterocycles. The summed E-state index contributed by atoms with van der Waals surface area (Å²) in [5, 5.41) is 0.781. The van der Waals surface area contributed by atoms with E-state index in [1.54, 1.807) is 20.3 Å². The zero-order valence-corrected chi connectivity index (χ0v) is 19.8. The summed E-state index contributed by atoms with van der Waals surface area (Å²) in [6.07, 6.45) is 0. The van der Waals surface area contributed by atoms with Gasteiger partial charge in [-0.25, -0.2) is 4.79 Å². The first-order valence-corrected chi connectivity index (χ1v) is 14.0. The Bertz CT molecular complexity index is 1080. The lowest BCUT2D eigenvalue weighted by Gasteiger charge is -2.16. The Morgan fingerprint density at radius 1 is 0.968 bits per heavy atom. The molecular weight excluding hydrogens is 412 g/mol. The smallest absolute Gasteiger partial charge is 0.344 e. The molecule has 0 unspecified atom stereocenters. The van der Waals surface area contributed by atoms with E-state index in [0.29, 0.717) is 34.8 Å². The van der Waals surface area contributed by atoms with Gasteiger partial charge in [0.05, 0.1) is 26.4 Å². The maximum Gasteiger partial charge on any atom is 0.344 e. The van der Waals surface area contributed by atoms with Gasteiger partial charge < -0.3 is 23.4 Å². The van der Waals surface area contributed by atoms with Crippen molar-refractivity contribution in [2.45, 2.75) is 32.3 Å². The Morgan fingerprint density at radius 3 is 2.45 bits per heavy atom. The quantitative estimate of drug-likeness (QED) is 0.184. The molecule has 0 aliphatic rings. The van der Waals surface area contributed by atoms with Crippen molar-refractivity contribution in [3.05, 3.63) is 58.4 Å². The Kier molecular flexibility index (Phi) is 7.53. The normalized spacial score (nSPS) is 11.6. The van der Waals surface area contributed by atoms with Gasteiger partial charge in [-0.1, -0.05) is 37.8 Å². The van der Waals surface area contributed by atoms with Crippen LogP contribution in [0.3, 0.4) is 0 Å². The predicted molar refractivity (Wildman–Crippen MR) is 125 cm³/mol. The molecule has 0 saturated carbocycles. The van der Waals surface area contributed by atoms with Crippen molar-refractivity contribution in [1.29, 1.82) is 0 Å². The van der Waals surface area contributed by atoms with E-state index >= 15 is 0 Å². The van der Waals surface area contributed by atoms with E-state index < -0.39 is 13.7 Å². The van der Waals surface area contributed by atoms with Gasteiger partial charge in [0, 0.05) is 37.3 Å². The van der Waals surface area contributed by atoms with E-state index in [1.165, 1.54) is 0 Å². The van der Waals surface area contributed by atoms with Crippen molar-refractivity contribution < 1.29 is 23.4 Å². The van der Waals surface area contributed by atoms with Crippen molar-refractivity contribution in [2.24, 2.45) is 0 Å². The molecule has 1 heterocycles. The first-order chi connectivity index (χ1) is 14.8. The first kappa shape index (κ1) is 23.1. The fourth-order valence-electron chi connectivity index (χ4n) is 3.29. The van der Waals surface area contributed by atoms with Crippen molar-refractivity contribution in [3.63, 3.8) is 0 Å². The zero-order valence-electron chi connectivity index (χ0n) is 18.8. The van der Waals surface area contributed by atoms with E-state index in [0.717, 1.165) is 17.0 Å². The van der Waals surface area contributed by atoms with Gasteiger partial charge >= 0.3 is 5.63 Å². The predicted octanol–water partition coefficient (Wildman–Crippen LogP) is 5.31. The van der Waals surface area contributed by atoms with Crippen LogP contribution in [0.25, 0.3) is 22.1 Å². The van der Waals surface area contributed by atoms with Gasteiger partial charge in [0.15, 0.2) is 0 Å². The molecule has 166 valence electrons. The van der Waals surface area contributed by atoms with Crippen LogP contribution in [-0.2, 0) is 16.1 Å². The average molecular weight is 443 g/mol. The summed E-state index contributed by atoms with van der Waals surface area (Å²) in [5.74, 6) is 1.21. The van der Waals surface area contributed by atoms with Gasteiger partial charge in [-0.2, -0.15) is 0 Å². The summed E-state index contributed by atoms with van der Waals surface area (Å²) >= 11 is 0. The summed E-state index contributed by atoms with van der Waals surface area (Å²) < 4.78 is 27.9. The van der Waals surface area contributed by atoms with Crippen LogP contribution in [0.15, 0.2) is 51.7 Å². The maximum atomic E-state index is 13.0. The highest BCUT2D eigenvalue weighted by molar-refractivity contribution is 6.76. The first-order valence-electron chi connectivity index (χ1n) is 10.3. The van der Waals surface area contributed by atoms with Gasteiger partial charge in [-0.3, -0.25) is 0 Å². The Morgan fingerprint density at radius 2 is 1.74 bits per heavy atom. The summed E-state index contributed by atoms with van der Waals surface area (Å²) in [7, 11) is 1.99.